The van der Waals surface area contributed by atoms with Gasteiger partial charge in [0.25, 0.3) is 5.91 Å². The Kier molecular flexibility index (Phi) is 9.21. The third-order valence-electron chi connectivity index (χ3n) is 5.30. The lowest BCUT2D eigenvalue weighted by Crippen LogP contribution is -3.28. The number of piperazine rings is 1. The van der Waals surface area contributed by atoms with Crippen molar-refractivity contribution in [2.24, 2.45) is 0 Å². The van der Waals surface area contributed by atoms with Gasteiger partial charge in [0.05, 0.1) is 14.2 Å². The van der Waals surface area contributed by atoms with Gasteiger partial charge in [0.1, 0.15) is 38.8 Å². The fourth-order valence-electron chi connectivity index (χ4n) is 3.58. The topological polar surface area (TPSA) is 85.5 Å². The minimum Gasteiger partial charge on any atom is -0.493 e. The van der Waals surface area contributed by atoms with Gasteiger partial charge in [-0.05, 0) is 31.5 Å². The van der Waals surface area contributed by atoms with Crippen molar-refractivity contribution in [1.82, 2.24) is 10.6 Å². The van der Waals surface area contributed by atoms with E-state index in [2.05, 4.69) is 16.7 Å². The van der Waals surface area contributed by atoms with E-state index in [1.54, 1.807) is 21.1 Å². The zero-order valence-corrected chi connectivity index (χ0v) is 18.1. The molecule has 1 aromatic carbocycles. The van der Waals surface area contributed by atoms with E-state index < -0.39 is 6.04 Å². The second-order valence-electron chi connectivity index (χ2n) is 7.62. The van der Waals surface area contributed by atoms with Crippen LogP contribution in [0.5, 0.6) is 11.5 Å². The van der Waals surface area contributed by atoms with Crippen LogP contribution in [-0.2, 0) is 16.1 Å². The number of ether oxygens (including phenoxy) is 2. The first-order chi connectivity index (χ1) is 14.0. The summed E-state index contributed by atoms with van der Waals surface area (Å²) in [7, 11) is 3.29. The molecule has 1 aromatic rings. The first-order valence-electron chi connectivity index (χ1n) is 10.4. The van der Waals surface area contributed by atoms with Crippen LogP contribution in [0.1, 0.15) is 25.8 Å². The number of nitrogens with one attached hydrogen (secondary N) is 4. The van der Waals surface area contributed by atoms with Crippen molar-refractivity contribution in [3.8, 4) is 11.5 Å². The van der Waals surface area contributed by atoms with Crippen LogP contribution in [0.2, 0.25) is 0 Å². The third kappa shape index (κ3) is 7.21. The predicted octanol–water partition coefficient (Wildman–Crippen LogP) is -1.98. The van der Waals surface area contributed by atoms with Gasteiger partial charge in [-0.25, -0.2) is 0 Å². The number of quaternary nitrogens is 2. The third-order valence-corrected chi connectivity index (χ3v) is 5.30. The number of carbonyl (C=O) groups is 2. The van der Waals surface area contributed by atoms with Crippen LogP contribution >= 0.6 is 0 Å². The monoisotopic (exact) mass is 408 g/mol. The molecule has 0 aromatic heterocycles. The molecule has 1 aliphatic heterocycles. The van der Waals surface area contributed by atoms with Gasteiger partial charge in [-0.1, -0.05) is 6.92 Å². The number of methoxy groups -OCH3 is 2. The first-order valence-corrected chi connectivity index (χ1v) is 10.4. The quantitative estimate of drug-likeness (QED) is 0.362. The van der Waals surface area contributed by atoms with E-state index >= 15 is 0 Å². The molecule has 29 heavy (non-hydrogen) atoms. The van der Waals surface area contributed by atoms with E-state index in [1.807, 2.05) is 19.1 Å². The summed E-state index contributed by atoms with van der Waals surface area (Å²) >= 11 is 0. The lowest BCUT2D eigenvalue weighted by molar-refractivity contribution is -1.02. The van der Waals surface area contributed by atoms with Crippen LogP contribution in [0.25, 0.3) is 0 Å². The van der Waals surface area contributed by atoms with Gasteiger partial charge in [-0.3, -0.25) is 9.59 Å². The van der Waals surface area contributed by atoms with E-state index in [9.17, 15) is 9.59 Å². The molecule has 0 radical (unpaired) electrons. The van der Waals surface area contributed by atoms with Crippen LogP contribution in [0, 0.1) is 0 Å². The summed E-state index contributed by atoms with van der Waals surface area (Å²) in [6, 6.07) is 5.55. The smallest absolute Gasteiger partial charge is 0.275 e. The fraction of sp³-hybridized carbons (Fsp3) is 0.619. The molecular formula is C21H36N4O4+2. The Hall–Kier alpha value is -2.32. The molecule has 1 heterocycles. The van der Waals surface area contributed by atoms with Crippen molar-refractivity contribution in [1.29, 1.82) is 0 Å². The van der Waals surface area contributed by atoms with E-state index in [0.29, 0.717) is 13.1 Å². The standard InChI is InChI=1S/C21H34N4O4/c1-5-8-22-21(27)16(2)23-20(26)15-25-11-9-24(10-12-25)14-17-6-7-18(28-3)19(13-17)29-4/h6-7,13,16H,5,8-12,14-15H2,1-4H3,(H,22,27)(H,23,26)/p+2/t16-/m1/s1. The van der Waals surface area contributed by atoms with Gasteiger partial charge in [0.2, 0.25) is 5.91 Å². The molecule has 8 nitrogen and oxygen atoms in total. The summed E-state index contributed by atoms with van der Waals surface area (Å²) in [5.74, 6) is 1.30. The van der Waals surface area contributed by atoms with E-state index in [0.717, 1.165) is 50.6 Å². The number of amides is 2. The molecule has 0 saturated carbocycles. The molecular weight excluding hydrogens is 372 g/mol. The average Bonchev–Trinajstić information content (AvgIpc) is 2.73. The number of rotatable bonds is 10. The maximum Gasteiger partial charge on any atom is 0.275 e. The van der Waals surface area contributed by atoms with Gasteiger partial charge in [-0.2, -0.15) is 0 Å². The van der Waals surface area contributed by atoms with Crippen LogP contribution in [-0.4, -0.2) is 71.3 Å². The average molecular weight is 409 g/mol. The summed E-state index contributed by atoms with van der Waals surface area (Å²) in [6.07, 6.45) is 0.881. The van der Waals surface area contributed by atoms with E-state index in [-0.39, 0.29) is 11.8 Å². The largest absolute Gasteiger partial charge is 0.493 e. The van der Waals surface area contributed by atoms with Crippen molar-refractivity contribution in [3.63, 3.8) is 0 Å². The summed E-state index contributed by atoms with van der Waals surface area (Å²) < 4.78 is 10.7. The highest BCUT2D eigenvalue weighted by atomic mass is 16.5. The normalized spacial score (nSPS) is 19.9. The van der Waals surface area contributed by atoms with Crippen LogP contribution in [0.15, 0.2) is 18.2 Å². The van der Waals surface area contributed by atoms with Crippen molar-refractivity contribution in [3.05, 3.63) is 23.8 Å². The highest BCUT2D eigenvalue weighted by Crippen LogP contribution is 2.27. The maximum absolute atomic E-state index is 12.3. The van der Waals surface area contributed by atoms with Crippen LogP contribution < -0.4 is 29.9 Å². The zero-order chi connectivity index (χ0) is 21.2. The Morgan fingerprint density at radius 3 is 2.34 bits per heavy atom. The van der Waals surface area contributed by atoms with Gasteiger partial charge in [-0.15, -0.1) is 0 Å². The second kappa shape index (κ2) is 11.6. The van der Waals surface area contributed by atoms with Crippen molar-refractivity contribution in [2.45, 2.75) is 32.9 Å². The van der Waals surface area contributed by atoms with Crippen molar-refractivity contribution >= 4 is 11.8 Å². The lowest BCUT2D eigenvalue weighted by Gasteiger charge is -2.29. The zero-order valence-electron chi connectivity index (χ0n) is 18.1. The number of carbonyl (C=O) groups excluding carboxylic acids is 2. The molecule has 0 unspecified atom stereocenters. The molecule has 2 rings (SSSR count). The Morgan fingerprint density at radius 2 is 1.72 bits per heavy atom. The predicted molar refractivity (Wildman–Crippen MR) is 110 cm³/mol. The minimum absolute atomic E-state index is 0.0671. The maximum atomic E-state index is 12.3. The summed E-state index contributed by atoms with van der Waals surface area (Å²) in [5.41, 5.74) is 1.21. The molecule has 0 spiro atoms. The Balaban J connectivity index is 1.75. The molecule has 8 heteroatoms. The lowest BCUT2D eigenvalue weighted by atomic mass is 10.1. The molecule has 0 bridgehead atoms. The Bertz CT molecular complexity index is 675. The van der Waals surface area contributed by atoms with Gasteiger partial charge in [0.15, 0.2) is 18.0 Å². The second-order valence-corrected chi connectivity index (χ2v) is 7.62. The highest BCUT2D eigenvalue weighted by Gasteiger charge is 2.26. The Morgan fingerprint density at radius 1 is 1.07 bits per heavy atom. The van der Waals surface area contributed by atoms with Gasteiger partial charge in [0, 0.05) is 12.1 Å². The number of hydrogen-bond donors (Lipinski definition) is 4. The van der Waals surface area contributed by atoms with Crippen LogP contribution in [0.3, 0.4) is 0 Å². The van der Waals surface area contributed by atoms with Crippen LogP contribution in [0.4, 0.5) is 0 Å². The SMILES string of the molecule is CCCNC(=O)[C@@H](C)NC(=O)C[NH+]1CC[NH+](Cc2ccc(OC)c(OC)c2)CC1. The fourth-order valence-corrected chi connectivity index (χ4v) is 3.58. The Labute approximate surface area is 173 Å². The molecule has 1 aliphatic rings. The molecule has 162 valence electrons. The van der Waals surface area contributed by atoms with Crippen molar-refractivity contribution in [2.75, 3.05) is 53.5 Å². The van der Waals surface area contributed by atoms with Crippen molar-refractivity contribution < 1.29 is 28.9 Å². The molecule has 2 amide bonds. The van der Waals surface area contributed by atoms with E-state index in [4.69, 9.17) is 9.47 Å². The molecule has 1 atom stereocenters. The minimum atomic E-state index is -0.495. The number of hydrogen-bond acceptors (Lipinski definition) is 4. The van der Waals surface area contributed by atoms with Gasteiger partial charge < -0.3 is 29.9 Å². The summed E-state index contributed by atoms with van der Waals surface area (Å²) in [4.78, 5) is 26.9. The molecule has 4 N–H and O–H groups in total. The highest BCUT2D eigenvalue weighted by molar-refractivity contribution is 5.87. The molecule has 1 saturated heterocycles. The number of benzene rings is 1. The summed E-state index contributed by atoms with van der Waals surface area (Å²) in [6.45, 7) is 9.58. The summed E-state index contributed by atoms with van der Waals surface area (Å²) in [5, 5.41) is 5.61. The molecule has 0 aliphatic carbocycles. The van der Waals surface area contributed by atoms with Gasteiger partial charge >= 0.3 is 0 Å². The van der Waals surface area contributed by atoms with E-state index in [1.165, 1.54) is 15.4 Å². The molecule has 1 fully saturated rings. The first kappa shape index (κ1) is 23.0.